The van der Waals surface area contributed by atoms with E-state index in [0.717, 1.165) is 11.3 Å². The van der Waals surface area contributed by atoms with Crippen molar-refractivity contribution in [2.24, 2.45) is 0 Å². The Hall–Kier alpha value is -1.53. The summed E-state index contributed by atoms with van der Waals surface area (Å²) in [7, 11) is 2.94. The number of hydrogen-bond acceptors (Lipinski definition) is 6. The fourth-order valence-corrected chi connectivity index (χ4v) is 1.79. The molecule has 2 rings (SSSR count). The Balaban J connectivity index is 2.56. The molecule has 2 heterocycles. The summed E-state index contributed by atoms with van der Waals surface area (Å²) in [6, 6.07) is 0. The molecule has 18 heavy (non-hydrogen) atoms. The van der Waals surface area contributed by atoms with Crippen molar-refractivity contribution < 1.29 is 14.3 Å². The Kier molecular flexibility index (Phi) is 3.32. The van der Waals surface area contributed by atoms with Crippen LogP contribution in [0.5, 0.6) is 0 Å². The predicted octanol–water partition coefficient (Wildman–Crippen LogP) is 0.748. The van der Waals surface area contributed by atoms with Crippen molar-refractivity contribution >= 4 is 5.97 Å². The Bertz CT molecular complexity index is 486. The van der Waals surface area contributed by atoms with Gasteiger partial charge in [-0.05, 0) is 13.8 Å². The Morgan fingerprint density at radius 3 is 2.61 bits per heavy atom. The minimum Gasteiger partial charge on any atom is -0.464 e. The molecule has 0 fully saturated rings. The molecule has 0 saturated heterocycles. The molecule has 0 radical (unpaired) electrons. The van der Waals surface area contributed by atoms with Crippen LogP contribution < -0.4 is 5.32 Å². The molecule has 1 aromatic rings. The molecule has 0 saturated carbocycles. The first kappa shape index (κ1) is 12.9. The minimum atomic E-state index is -0.639. The van der Waals surface area contributed by atoms with Gasteiger partial charge in [-0.2, -0.15) is 0 Å². The lowest BCUT2D eigenvalue weighted by Crippen LogP contribution is -2.26. The second kappa shape index (κ2) is 4.62. The molecule has 0 unspecified atom stereocenters. The first-order valence-corrected chi connectivity index (χ1v) is 5.74. The lowest BCUT2D eigenvalue weighted by molar-refractivity contribution is 0.0109. The van der Waals surface area contributed by atoms with E-state index in [-0.39, 0.29) is 0 Å². The predicted molar refractivity (Wildman–Crippen MR) is 64.0 cm³/mol. The summed E-state index contributed by atoms with van der Waals surface area (Å²) in [4.78, 5) is 20.5. The van der Waals surface area contributed by atoms with Crippen LogP contribution in [0.1, 0.15) is 41.4 Å². The topological polar surface area (TPSA) is 73.3 Å². The van der Waals surface area contributed by atoms with Gasteiger partial charge in [-0.3, -0.25) is 0 Å². The van der Waals surface area contributed by atoms with Crippen LogP contribution in [0.15, 0.2) is 0 Å². The number of fused-ring (bicyclic) bond motifs is 1. The maximum Gasteiger partial charge on any atom is 0.357 e. The van der Waals surface area contributed by atoms with Gasteiger partial charge in [0, 0.05) is 25.8 Å². The van der Waals surface area contributed by atoms with Crippen molar-refractivity contribution in [1.82, 2.24) is 15.3 Å². The number of carbonyl (C=O) groups excluding carboxylic acids is 1. The first-order chi connectivity index (χ1) is 8.49. The van der Waals surface area contributed by atoms with E-state index in [0.29, 0.717) is 24.6 Å². The third kappa shape index (κ3) is 2.09. The lowest BCUT2D eigenvalue weighted by atomic mass is 10.1. The van der Waals surface area contributed by atoms with Crippen LogP contribution in [-0.2, 0) is 28.2 Å². The van der Waals surface area contributed by atoms with E-state index in [9.17, 15) is 4.79 Å². The van der Waals surface area contributed by atoms with Gasteiger partial charge >= 0.3 is 5.97 Å². The number of carbonyl (C=O) groups is 1. The molecule has 6 nitrogen and oxygen atoms in total. The zero-order valence-corrected chi connectivity index (χ0v) is 11.0. The molecule has 1 aliphatic rings. The van der Waals surface area contributed by atoms with E-state index in [1.54, 1.807) is 7.11 Å². The molecule has 0 bridgehead atoms. The third-order valence-corrected chi connectivity index (χ3v) is 3.11. The molecule has 0 amide bonds. The normalized spacial score (nSPS) is 14.4. The van der Waals surface area contributed by atoms with Gasteiger partial charge in [-0.15, -0.1) is 0 Å². The summed E-state index contributed by atoms with van der Waals surface area (Å²) in [5.41, 5.74) is 1.34. The fourth-order valence-electron chi connectivity index (χ4n) is 1.79. The number of nitrogens with zero attached hydrogens (tertiary/aromatic N) is 2. The Morgan fingerprint density at radius 2 is 2.00 bits per heavy atom. The highest BCUT2D eigenvalue weighted by atomic mass is 16.5. The zero-order valence-electron chi connectivity index (χ0n) is 11.0. The number of aromatic nitrogens is 2. The minimum absolute atomic E-state index is 0.327. The van der Waals surface area contributed by atoms with Crippen molar-refractivity contribution in [2.45, 2.75) is 32.5 Å². The van der Waals surface area contributed by atoms with Crippen molar-refractivity contribution in [3.63, 3.8) is 0 Å². The molecule has 98 valence electrons. The fraction of sp³-hybridized carbons (Fsp3) is 0.583. The maximum atomic E-state index is 11.8. The zero-order chi connectivity index (χ0) is 13.3. The SMILES string of the molecule is COC(=O)c1nc(C(C)(C)OC)nc2c1CNC2. The summed E-state index contributed by atoms with van der Waals surface area (Å²) < 4.78 is 10.1. The summed E-state index contributed by atoms with van der Waals surface area (Å²) in [6.45, 7) is 4.94. The lowest BCUT2D eigenvalue weighted by Gasteiger charge is -2.22. The van der Waals surface area contributed by atoms with Crippen molar-refractivity contribution in [2.75, 3.05) is 14.2 Å². The number of nitrogens with one attached hydrogen (secondary N) is 1. The summed E-state index contributed by atoms with van der Waals surface area (Å²) in [5.74, 6) is 0.0540. The van der Waals surface area contributed by atoms with Gasteiger partial charge in [0.1, 0.15) is 5.60 Å². The molecule has 1 N–H and O–H groups in total. The molecule has 6 heteroatoms. The number of esters is 1. The van der Waals surface area contributed by atoms with Gasteiger partial charge in [0.25, 0.3) is 0 Å². The van der Waals surface area contributed by atoms with E-state index < -0.39 is 11.6 Å². The van der Waals surface area contributed by atoms with E-state index >= 15 is 0 Å². The van der Waals surface area contributed by atoms with Gasteiger partial charge in [0.15, 0.2) is 11.5 Å². The van der Waals surface area contributed by atoms with E-state index in [4.69, 9.17) is 9.47 Å². The molecule has 1 aliphatic heterocycles. The van der Waals surface area contributed by atoms with Crippen LogP contribution in [0.4, 0.5) is 0 Å². The molecule has 0 aliphatic carbocycles. The largest absolute Gasteiger partial charge is 0.464 e. The maximum absolute atomic E-state index is 11.8. The monoisotopic (exact) mass is 251 g/mol. The second-order valence-electron chi connectivity index (χ2n) is 4.63. The summed E-state index contributed by atoms with van der Waals surface area (Å²) >= 11 is 0. The smallest absolute Gasteiger partial charge is 0.357 e. The van der Waals surface area contributed by atoms with Crippen LogP contribution in [0.2, 0.25) is 0 Å². The van der Waals surface area contributed by atoms with Crippen LogP contribution in [0.3, 0.4) is 0 Å². The number of rotatable bonds is 3. The number of ether oxygens (including phenoxy) is 2. The molecule has 0 aromatic carbocycles. The van der Waals surface area contributed by atoms with Crippen LogP contribution in [0, 0.1) is 0 Å². The van der Waals surface area contributed by atoms with E-state index in [2.05, 4.69) is 15.3 Å². The average Bonchev–Trinajstić information content (AvgIpc) is 2.84. The van der Waals surface area contributed by atoms with Crippen molar-refractivity contribution in [3.05, 3.63) is 22.8 Å². The van der Waals surface area contributed by atoms with E-state index in [1.807, 2.05) is 13.8 Å². The van der Waals surface area contributed by atoms with Gasteiger partial charge in [0.2, 0.25) is 0 Å². The third-order valence-electron chi connectivity index (χ3n) is 3.11. The van der Waals surface area contributed by atoms with Crippen molar-refractivity contribution in [1.29, 1.82) is 0 Å². The first-order valence-electron chi connectivity index (χ1n) is 5.74. The highest BCUT2D eigenvalue weighted by Crippen LogP contribution is 2.25. The summed E-state index contributed by atoms with van der Waals surface area (Å²) in [6.07, 6.45) is 0. The van der Waals surface area contributed by atoms with Crippen LogP contribution >= 0.6 is 0 Å². The van der Waals surface area contributed by atoms with E-state index in [1.165, 1.54) is 7.11 Å². The summed E-state index contributed by atoms with van der Waals surface area (Å²) in [5, 5.41) is 3.15. The number of hydrogen-bond donors (Lipinski definition) is 1. The van der Waals surface area contributed by atoms with Crippen molar-refractivity contribution in [3.8, 4) is 0 Å². The number of methoxy groups -OCH3 is 2. The molecule has 0 atom stereocenters. The van der Waals surface area contributed by atoms with Gasteiger partial charge in [-0.25, -0.2) is 14.8 Å². The van der Waals surface area contributed by atoms with Crippen LogP contribution in [0.25, 0.3) is 0 Å². The quantitative estimate of drug-likeness (QED) is 0.799. The highest BCUT2D eigenvalue weighted by Gasteiger charge is 2.30. The molecular weight excluding hydrogens is 234 g/mol. The molecular formula is C12H17N3O3. The van der Waals surface area contributed by atoms with Gasteiger partial charge in [0.05, 0.1) is 12.8 Å². The second-order valence-corrected chi connectivity index (χ2v) is 4.63. The Morgan fingerprint density at radius 1 is 1.28 bits per heavy atom. The standard InChI is InChI=1S/C12H17N3O3/c1-12(2,18-4)11-14-8-6-13-5-7(8)9(15-11)10(16)17-3/h13H,5-6H2,1-4H3. The highest BCUT2D eigenvalue weighted by molar-refractivity contribution is 5.89. The Labute approximate surface area is 106 Å². The molecule has 0 spiro atoms. The molecule has 1 aromatic heterocycles. The average molecular weight is 251 g/mol. The van der Waals surface area contributed by atoms with Gasteiger partial charge < -0.3 is 14.8 Å². The van der Waals surface area contributed by atoms with Gasteiger partial charge in [-0.1, -0.05) is 0 Å². The van der Waals surface area contributed by atoms with Crippen LogP contribution in [-0.4, -0.2) is 30.2 Å².